The zero-order chi connectivity index (χ0) is 14.8. The quantitative estimate of drug-likeness (QED) is 0.612. The molecule has 0 fully saturated rings. The Bertz CT molecular complexity index is 690. The standard InChI is InChI=1S/C15H13BrN2O3/c16-12-5-6-13(14(9-12)18(19)20)17-7-8-21-15-4-2-1-3-11(15)10-17/h1-6,9H,7-8,10H2. The lowest BCUT2D eigenvalue weighted by Gasteiger charge is -2.21. The number of halogens is 1. The highest BCUT2D eigenvalue weighted by Crippen LogP contribution is 2.34. The molecular weight excluding hydrogens is 336 g/mol. The van der Waals surface area contributed by atoms with Gasteiger partial charge in [0.2, 0.25) is 0 Å². The summed E-state index contributed by atoms with van der Waals surface area (Å²) < 4.78 is 6.40. The van der Waals surface area contributed by atoms with Gasteiger partial charge in [-0.2, -0.15) is 0 Å². The Balaban J connectivity index is 2.00. The summed E-state index contributed by atoms with van der Waals surface area (Å²) in [5.41, 5.74) is 1.75. The van der Waals surface area contributed by atoms with E-state index in [1.165, 1.54) is 6.07 Å². The Hall–Kier alpha value is -2.08. The molecule has 2 aromatic rings. The Kier molecular flexibility index (Phi) is 3.79. The number of nitro benzene ring substituents is 1. The number of nitro groups is 1. The third kappa shape index (κ3) is 2.85. The van der Waals surface area contributed by atoms with Gasteiger partial charge in [-0.25, -0.2) is 0 Å². The van der Waals surface area contributed by atoms with Crippen LogP contribution in [0.4, 0.5) is 11.4 Å². The average Bonchev–Trinajstić information content (AvgIpc) is 2.69. The van der Waals surface area contributed by atoms with E-state index in [0.717, 1.165) is 11.3 Å². The normalized spacial score (nSPS) is 14.0. The van der Waals surface area contributed by atoms with E-state index in [1.54, 1.807) is 6.07 Å². The van der Waals surface area contributed by atoms with Gasteiger partial charge in [0, 0.05) is 22.6 Å². The van der Waals surface area contributed by atoms with Gasteiger partial charge in [0.05, 0.1) is 11.5 Å². The van der Waals surface area contributed by atoms with Crippen LogP contribution in [0.25, 0.3) is 0 Å². The summed E-state index contributed by atoms with van der Waals surface area (Å²) >= 11 is 3.28. The Labute approximate surface area is 130 Å². The predicted molar refractivity (Wildman–Crippen MR) is 83.8 cm³/mol. The predicted octanol–water partition coefficient (Wildman–Crippen LogP) is 3.76. The van der Waals surface area contributed by atoms with Crippen LogP contribution in [-0.4, -0.2) is 18.1 Å². The lowest BCUT2D eigenvalue weighted by Crippen LogP contribution is -2.25. The molecule has 6 heteroatoms. The minimum atomic E-state index is -0.349. The van der Waals surface area contributed by atoms with E-state index < -0.39 is 0 Å². The molecule has 0 radical (unpaired) electrons. The van der Waals surface area contributed by atoms with E-state index in [9.17, 15) is 10.1 Å². The minimum absolute atomic E-state index is 0.101. The number of rotatable bonds is 2. The smallest absolute Gasteiger partial charge is 0.293 e. The summed E-state index contributed by atoms with van der Waals surface area (Å²) in [6.07, 6.45) is 0. The molecule has 108 valence electrons. The van der Waals surface area contributed by atoms with Gasteiger partial charge in [0.15, 0.2) is 0 Å². The van der Waals surface area contributed by atoms with Gasteiger partial charge in [-0.15, -0.1) is 0 Å². The van der Waals surface area contributed by atoms with Gasteiger partial charge < -0.3 is 9.64 Å². The molecule has 0 bridgehead atoms. The van der Waals surface area contributed by atoms with E-state index in [4.69, 9.17) is 4.74 Å². The van der Waals surface area contributed by atoms with Crippen molar-refractivity contribution in [2.24, 2.45) is 0 Å². The molecule has 0 unspecified atom stereocenters. The minimum Gasteiger partial charge on any atom is -0.491 e. The summed E-state index contributed by atoms with van der Waals surface area (Å²) in [6.45, 7) is 1.71. The molecule has 1 aliphatic rings. The first-order valence-electron chi connectivity index (χ1n) is 6.55. The Morgan fingerprint density at radius 1 is 1.24 bits per heavy atom. The van der Waals surface area contributed by atoms with Crippen LogP contribution in [0.2, 0.25) is 0 Å². The molecule has 0 aliphatic carbocycles. The lowest BCUT2D eigenvalue weighted by molar-refractivity contribution is -0.384. The maximum absolute atomic E-state index is 11.3. The van der Waals surface area contributed by atoms with Crippen molar-refractivity contribution in [1.29, 1.82) is 0 Å². The van der Waals surface area contributed by atoms with E-state index in [0.29, 0.717) is 29.9 Å². The van der Waals surface area contributed by atoms with E-state index >= 15 is 0 Å². The summed E-state index contributed by atoms with van der Waals surface area (Å²) in [6, 6.07) is 12.9. The first kappa shape index (κ1) is 13.9. The molecule has 0 spiro atoms. The van der Waals surface area contributed by atoms with Crippen LogP contribution >= 0.6 is 15.9 Å². The monoisotopic (exact) mass is 348 g/mol. The molecule has 0 N–H and O–H groups in total. The van der Waals surface area contributed by atoms with Crippen LogP contribution in [0.1, 0.15) is 5.56 Å². The molecule has 0 aromatic heterocycles. The number of benzene rings is 2. The number of hydrogen-bond donors (Lipinski definition) is 0. The van der Waals surface area contributed by atoms with Crippen molar-refractivity contribution in [1.82, 2.24) is 0 Å². The maximum atomic E-state index is 11.3. The van der Waals surface area contributed by atoms with Crippen LogP contribution in [0, 0.1) is 10.1 Å². The number of anilines is 1. The van der Waals surface area contributed by atoms with Gasteiger partial charge in [-0.3, -0.25) is 10.1 Å². The van der Waals surface area contributed by atoms with Crippen molar-refractivity contribution in [3.05, 3.63) is 62.6 Å². The van der Waals surface area contributed by atoms with Crippen molar-refractivity contribution in [2.75, 3.05) is 18.1 Å². The number of hydrogen-bond acceptors (Lipinski definition) is 4. The highest BCUT2D eigenvalue weighted by Gasteiger charge is 2.22. The second-order valence-electron chi connectivity index (χ2n) is 4.77. The lowest BCUT2D eigenvalue weighted by atomic mass is 10.1. The average molecular weight is 349 g/mol. The van der Waals surface area contributed by atoms with Crippen LogP contribution in [0.15, 0.2) is 46.9 Å². The number of ether oxygens (including phenoxy) is 1. The largest absolute Gasteiger partial charge is 0.491 e. The first-order chi connectivity index (χ1) is 10.1. The maximum Gasteiger partial charge on any atom is 0.293 e. The van der Waals surface area contributed by atoms with Gasteiger partial charge >= 0.3 is 0 Å². The summed E-state index contributed by atoms with van der Waals surface area (Å²) in [4.78, 5) is 12.9. The van der Waals surface area contributed by atoms with Crippen molar-refractivity contribution in [3.63, 3.8) is 0 Å². The van der Waals surface area contributed by atoms with Gasteiger partial charge in [0.25, 0.3) is 5.69 Å². The Morgan fingerprint density at radius 3 is 2.86 bits per heavy atom. The fourth-order valence-corrected chi connectivity index (χ4v) is 2.79. The van der Waals surface area contributed by atoms with Crippen molar-refractivity contribution in [2.45, 2.75) is 6.54 Å². The van der Waals surface area contributed by atoms with Crippen molar-refractivity contribution < 1.29 is 9.66 Å². The zero-order valence-corrected chi connectivity index (χ0v) is 12.7. The second kappa shape index (κ2) is 5.73. The summed E-state index contributed by atoms with van der Waals surface area (Å²) in [5.74, 6) is 0.847. The molecule has 0 amide bonds. The van der Waals surface area contributed by atoms with Gasteiger partial charge in [-0.1, -0.05) is 34.1 Å². The number of nitrogens with zero attached hydrogens (tertiary/aromatic N) is 2. The molecule has 0 saturated heterocycles. The third-order valence-electron chi connectivity index (χ3n) is 3.43. The van der Waals surface area contributed by atoms with Crippen LogP contribution in [-0.2, 0) is 6.54 Å². The molecule has 0 saturated carbocycles. The van der Waals surface area contributed by atoms with Crippen molar-refractivity contribution >= 4 is 27.3 Å². The molecule has 5 nitrogen and oxygen atoms in total. The molecule has 0 atom stereocenters. The number of fused-ring (bicyclic) bond motifs is 1. The van der Waals surface area contributed by atoms with E-state index in [2.05, 4.69) is 15.9 Å². The molecule has 1 aliphatic heterocycles. The third-order valence-corrected chi connectivity index (χ3v) is 3.92. The zero-order valence-electron chi connectivity index (χ0n) is 11.2. The summed E-state index contributed by atoms with van der Waals surface area (Å²) in [7, 11) is 0. The fraction of sp³-hybridized carbons (Fsp3) is 0.200. The molecule has 1 heterocycles. The molecule has 21 heavy (non-hydrogen) atoms. The second-order valence-corrected chi connectivity index (χ2v) is 5.68. The highest BCUT2D eigenvalue weighted by molar-refractivity contribution is 9.10. The van der Waals surface area contributed by atoms with Crippen LogP contribution in [0.5, 0.6) is 5.75 Å². The molecule has 3 rings (SSSR count). The molecular formula is C15H13BrN2O3. The first-order valence-corrected chi connectivity index (χ1v) is 7.34. The van der Waals surface area contributed by atoms with Crippen LogP contribution < -0.4 is 9.64 Å². The van der Waals surface area contributed by atoms with Gasteiger partial charge in [-0.05, 0) is 18.2 Å². The highest BCUT2D eigenvalue weighted by atomic mass is 79.9. The Morgan fingerprint density at radius 2 is 2.05 bits per heavy atom. The van der Waals surface area contributed by atoms with E-state index in [-0.39, 0.29) is 10.6 Å². The van der Waals surface area contributed by atoms with Gasteiger partial charge in [0.1, 0.15) is 18.0 Å². The molecule has 2 aromatic carbocycles. The van der Waals surface area contributed by atoms with Crippen LogP contribution in [0.3, 0.4) is 0 Å². The topological polar surface area (TPSA) is 55.6 Å². The summed E-state index contributed by atoms with van der Waals surface area (Å²) in [5, 5.41) is 11.3. The SMILES string of the molecule is O=[N+]([O-])c1cc(Br)ccc1N1CCOc2ccccc2C1. The van der Waals surface area contributed by atoms with Crippen molar-refractivity contribution in [3.8, 4) is 5.75 Å². The number of para-hydroxylation sites is 1. The van der Waals surface area contributed by atoms with E-state index in [1.807, 2.05) is 35.2 Å². The fourth-order valence-electron chi connectivity index (χ4n) is 2.44.